The van der Waals surface area contributed by atoms with Crippen LogP contribution in [0.4, 0.5) is 5.69 Å². The number of benzene rings is 2. The van der Waals surface area contributed by atoms with E-state index in [4.69, 9.17) is 25.8 Å². The maximum absolute atomic E-state index is 6.05. The highest BCUT2D eigenvalue weighted by Gasteiger charge is 2.23. The Labute approximate surface area is 127 Å². The second-order valence-electron chi connectivity index (χ2n) is 5.03. The molecule has 0 radical (unpaired) electrons. The van der Waals surface area contributed by atoms with Gasteiger partial charge in [0.05, 0.1) is 12.2 Å². The number of hydrogen-bond donors (Lipinski definition) is 1. The summed E-state index contributed by atoms with van der Waals surface area (Å²) in [6, 6.07) is 11.5. The lowest BCUT2D eigenvalue weighted by Crippen LogP contribution is -2.24. The van der Waals surface area contributed by atoms with Gasteiger partial charge in [-0.15, -0.1) is 0 Å². The molecule has 0 fully saturated rings. The first-order chi connectivity index (χ1) is 10.3. The number of rotatable bonds is 1. The maximum atomic E-state index is 6.05. The molecule has 1 unspecified atom stereocenters. The first kappa shape index (κ1) is 12.7. The molecule has 2 aliphatic heterocycles. The summed E-state index contributed by atoms with van der Waals surface area (Å²) >= 11 is 5.98. The average molecular weight is 304 g/mol. The predicted octanol–water partition coefficient (Wildman–Crippen LogP) is 3.66. The van der Waals surface area contributed by atoms with Gasteiger partial charge in [-0.2, -0.15) is 0 Å². The molecule has 0 saturated carbocycles. The Kier molecular flexibility index (Phi) is 3.04. The van der Waals surface area contributed by atoms with Crippen molar-refractivity contribution < 1.29 is 14.2 Å². The van der Waals surface area contributed by atoms with Crippen LogP contribution in [0.1, 0.15) is 11.7 Å². The van der Waals surface area contributed by atoms with Crippen LogP contribution in [-0.4, -0.2) is 19.8 Å². The van der Waals surface area contributed by atoms with Gasteiger partial charge in [0.2, 0.25) is 0 Å². The molecule has 108 valence electrons. The summed E-state index contributed by atoms with van der Waals surface area (Å²) in [6.45, 7) is 1.87. The third-order valence-corrected chi connectivity index (χ3v) is 3.86. The van der Waals surface area contributed by atoms with E-state index < -0.39 is 0 Å². The number of hydrogen-bond acceptors (Lipinski definition) is 4. The lowest BCUT2D eigenvalue weighted by Gasteiger charge is -2.28. The monoisotopic (exact) mass is 303 g/mol. The zero-order valence-electron chi connectivity index (χ0n) is 11.3. The number of halogens is 1. The fourth-order valence-corrected chi connectivity index (χ4v) is 2.76. The van der Waals surface area contributed by atoms with E-state index >= 15 is 0 Å². The van der Waals surface area contributed by atoms with Crippen LogP contribution in [0.3, 0.4) is 0 Å². The predicted molar refractivity (Wildman–Crippen MR) is 80.7 cm³/mol. The Morgan fingerprint density at radius 2 is 1.76 bits per heavy atom. The summed E-state index contributed by atoms with van der Waals surface area (Å²) in [6.07, 6.45) is -0.0606. The molecule has 5 heteroatoms. The smallest absolute Gasteiger partial charge is 0.161 e. The molecule has 1 N–H and O–H groups in total. The molecule has 0 aliphatic carbocycles. The number of fused-ring (bicyclic) bond motifs is 2. The van der Waals surface area contributed by atoms with Crippen LogP contribution >= 0.6 is 11.6 Å². The second kappa shape index (κ2) is 5.04. The van der Waals surface area contributed by atoms with E-state index in [1.165, 1.54) is 0 Å². The molecule has 21 heavy (non-hydrogen) atoms. The first-order valence-corrected chi connectivity index (χ1v) is 7.27. The SMILES string of the molecule is Clc1ccc2c(c1)NCC(c1ccc3c(c1)OCCO3)O2. The molecule has 0 amide bonds. The maximum Gasteiger partial charge on any atom is 0.161 e. The number of anilines is 1. The van der Waals surface area contributed by atoms with Crippen LogP contribution in [-0.2, 0) is 0 Å². The fourth-order valence-electron chi connectivity index (χ4n) is 2.59. The van der Waals surface area contributed by atoms with E-state index in [2.05, 4.69) is 5.32 Å². The van der Waals surface area contributed by atoms with Crippen LogP contribution < -0.4 is 19.5 Å². The third-order valence-electron chi connectivity index (χ3n) is 3.63. The molecule has 2 aliphatic rings. The van der Waals surface area contributed by atoms with E-state index in [1.807, 2.05) is 36.4 Å². The summed E-state index contributed by atoms with van der Waals surface area (Å²) in [4.78, 5) is 0. The van der Waals surface area contributed by atoms with Crippen LogP contribution in [0.2, 0.25) is 5.02 Å². The highest BCUT2D eigenvalue weighted by Crippen LogP contribution is 2.38. The van der Waals surface area contributed by atoms with Crippen LogP contribution in [0.5, 0.6) is 17.2 Å². The topological polar surface area (TPSA) is 39.7 Å². The molecule has 4 rings (SSSR count). The Morgan fingerprint density at radius 3 is 2.67 bits per heavy atom. The van der Waals surface area contributed by atoms with Crippen molar-refractivity contribution in [3.8, 4) is 17.2 Å². The fraction of sp³-hybridized carbons (Fsp3) is 0.250. The Hall–Kier alpha value is -2.07. The number of nitrogens with one attached hydrogen (secondary N) is 1. The molecule has 4 nitrogen and oxygen atoms in total. The van der Waals surface area contributed by atoms with Crippen molar-refractivity contribution in [2.75, 3.05) is 25.1 Å². The zero-order chi connectivity index (χ0) is 14.2. The Bertz CT molecular complexity index is 689. The second-order valence-corrected chi connectivity index (χ2v) is 5.47. The van der Waals surface area contributed by atoms with Crippen molar-refractivity contribution in [1.82, 2.24) is 0 Å². The van der Waals surface area contributed by atoms with Gasteiger partial charge in [0.25, 0.3) is 0 Å². The molecule has 0 spiro atoms. The lowest BCUT2D eigenvalue weighted by molar-refractivity contribution is 0.169. The van der Waals surface area contributed by atoms with Gasteiger partial charge in [-0.25, -0.2) is 0 Å². The van der Waals surface area contributed by atoms with Crippen molar-refractivity contribution in [3.05, 3.63) is 47.0 Å². The normalized spacial score (nSPS) is 19.2. The van der Waals surface area contributed by atoms with Gasteiger partial charge < -0.3 is 19.5 Å². The molecule has 2 heterocycles. The highest BCUT2D eigenvalue weighted by molar-refractivity contribution is 6.30. The third kappa shape index (κ3) is 2.36. The van der Waals surface area contributed by atoms with Gasteiger partial charge in [0.15, 0.2) is 11.5 Å². The summed E-state index contributed by atoms with van der Waals surface area (Å²) in [5.41, 5.74) is 1.99. The van der Waals surface area contributed by atoms with Gasteiger partial charge in [-0.1, -0.05) is 17.7 Å². The summed E-state index contributed by atoms with van der Waals surface area (Å²) in [5, 5.41) is 4.05. The molecule has 0 saturated heterocycles. The van der Waals surface area contributed by atoms with E-state index in [-0.39, 0.29) is 6.10 Å². The molecular weight excluding hydrogens is 290 g/mol. The van der Waals surface area contributed by atoms with Gasteiger partial charge in [-0.3, -0.25) is 0 Å². The number of ether oxygens (including phenoxy) is 3. The van der Waals surface area contributed by atoms with Crippen molar-refractivity contribution in [3.63, 3.8) is 0 Å². The summed E-state index contributed by atoms with van der Waals surface area (Å²) in [7, 11) is 0. The van der Waals surface area contributed by atoms with Crippen molar-refractivity contribution in [1.29, 1.82) is 0 Å². The Balaban J connectivity index is 1.62. The summed E-state index contributed by atoms with van der Waals surface area (Å²) in [5.74, 6) is 2.38. The molecule has 1 atom stereocenters. The van der Waals surface area contributed by atoms with Gasteiger partial charge in [-0.05, 0) is 35.9 Å². The standard InChI is InChI=1S/C16H14ClNO3/c17-11-2-4-13-12(8-11)18-9-16(21-13)10-1-3-14-15(7-10)20-6-5-19-14/h1-4,7-8,16,18H,5-6,9H2. The Morgan fingerprint density at radius 1 is 0.952 bits per heavy atom. The van der Waals surface area contributed by atoms with Crippen LogP contribution in [0.25, 0.3) is 0 Å². The first-order valence-electron chi connectivity index (χ1n) is 6.89. The molecule has 0 aromatic heterocycles. The minimum absolute atomic E-state index is 0.0606. The quantitative estimate of drug-likeness (QED) is 0.873. The van der Waals surface area contributed by atoms with Gasteiger partial charge in [0.1, 0.15) is 25.1 Å². The van der Waals surface area contributed by atoms with Crippen molar-refractivity contribution in [2.45, 2.75) is 6.10 Å². The van der Waals surface area contributed by atoms with E-state index in [9.17, 15) is 0 Å². The van der Waals surface area contributed by atoms with Crippen LogP contribution in [0, 0.1) is 0 Å². The van der Waals surface area contributed by atoms with Crippen LogP contribution in [0.15, 0.2) is 36.4 Å². The lowest BCUT2D eigenvalue weighted by atomic mass is 10.1. The van der Waals surface area contributed by atoms with Crippen molar-refractivity contribution in [2.24, 2.45) is 0 Å². The minimum atomic E-state index is -0.0606. The van der Waals surface area contributed by atoms with Gasteiger partial charge >= 0.3 is 0 Å². The van der Waals surface area contributed by atoms with Crippen molar-refractivity contribution >= 4 is 17.3 Å². The molecular formula is C16H14ClNO3. The molecule has 0 bridgehead atoms. The van der Waals surface area contributed by atoms with E-state index in [0.717, 1.165) is 28.5 Å². The van der Waals surface area contributed by atoms with E-state index in [0.29, 0.717) is 24.8 Å². The molecule has 2 aromatic carbocycles. The molecule has 2 aromatic rings. The van der Waals surface area contributed by atoms with E-state index in [1.54, 1.807) is 0 Å². The van der Waals surface area contributed by atoms with Gasteiger partial charge in [0, 0.05) is 5.02 Å². The summed E-state index contributed by atoms with van der Waals surface area (Å²) < 4.78 is 17.2. The largest absolute Gasteiger partial charge is 0.486 e. The minimum Gasteiger partial charge on any atom is -0.486 e. The highest BCUT2D eigenvalue weighted by atomic mass is 35.5. The zero-order valence-corrected chi connectivity index (χ0v) is 12.0. The average Bonchev–Trinajstić information content (AvgIpc) is 2.54.